The Morgan fingerprint density at radius 1 is 1.04 bits per heavy atom. The molecule has 6 heteroatoms. The van der Waals surface area contributed by atoms with Gasteiger partial charge in [0.05, 0.1) is 22.4 Å². The van der Waals surface area contributed by atoms with Crippen LogP contribution in [-0.2, 0) is 6.54 Å². The number of para-hydroxylation sites is 2. The smallest absolute Gasteiger partial charge is 0.276 e. The van der Waals surface area contributed by atoms with Gasteiger partial charge in [0.25, 0.3) is 5.56 Å². The van der Waals surface area contributed by atoms with Crippen molar-refractivity contribution in [2.75, 3.05) is 13.1 Å². The van der Waals surface area contributed by atoms with Gasteiger partial charge in [0.15, 0.2) is 5.69 Å². The van der Waals surface area contributed by atoms with E-state index in [4.69, 9.17) is 11.5 Å². The maximum absolute atomic E-state index is 12.4. The number of H-pyrrole nitrogens is 1. The fraction of sp³-hybridized carbons (Fsp3) is 0.238. The van der Waals surface area contributed by atoms with Crippen molar-refractivity contribution in [3.63, 3.8) is 0 Å². The third-order valence-corrected chi connectivity index (χ3v) is 4.99. The van der Waals surface area contributed by atoms with Crippen molar-refractivity contribution in [3.8, 4) is 0 Å². The van der Waals surface area contributed by atoms with Crippen molar-refractivity contribution in [1.29, 1.82) is 0 Å². The minimum absolute atomic E-state index is 0.149. The summed E-state index contributed by atoms with van der Waals surface area (Å²) in [6.07, 6.45) is 2.51. The van der Waals surface area contributed by atoms with Crippen LogP contribution in [0.2, 0.25) is 0 Å². The first-order chi connectivity index (χ1) is 13.1. The molecule has 4 rings (SSSR count). The average Bonchev–Trinajstić information content (AvgIpc) is 3.19. The first-order valence-corrected chi connectivity index (χ1v) is 9.18. The van der Waals surface area contributed by atoms with Crippen LogP contribution in [0.15, 0.2) is 53.3 Å². The molecule has 1 aromatic heterocycles. The Hall–Kier alpha value is -3.12. The van der Waals surface area contributed by atoms with Gasteiger partial charge in [-0.2, -0.15) is 0 Å². The highest BCUT2D eigenvalue weighted by Crippen LogP contribution is 2.20. The first-order valence-electron chi connectivity index (χ1n) is 9.18. The van der Waals surface area contributed by atoms with Crippen molar-refractivity contribution in [1.82, 2.24) is 14.9 Å². The highest BCUT2D eigenvalue weighted by molar-refractivity contribution is 5.87. The molecule has 2 heterocycles. The number of nitrogens with two attached hydrogens (primary N) is 2. The molecule has 1 saturated heterocycles. The van der Waals surface area contributed by atoms with Crippen molar-refractivity contribution < 1.29 is 0 Å². The van der Waals surface area contributed by atoms with E-state index in [-0.39, 0.29) is 17.0 Å². The van der Waals surface area contributed by atoms with Gasteiger partial charge >= 0.3 is 0 Å². The zero-order chi connectivity index (χ0) is 18.8. The van der Waals surface area contributed by atoms with Crippen LogP contribution in [0.3, 0.4) is 0 Å². The van der Waals surface area contributed by atoms with Gasteiger partial charge in [-0.15, -0.1) is 0 Å². The largest absolute Gasteiger partial charge is 0.397 e. The Morgan fingerprint density at radius 3 is 2.63 bits per heavy atom. The second-order valence-electron chi connectivity index (χ2n) is 6.94. The molecular weight excluding hydrogens is 338 g/mol. The number of likely N-dealkylation sites (tertiary alicyclic amines) is 1. The first kappa shape index (κ1) is 17.3. The lowest BCUT2D eigenvalue weighted by atomic mass is 10.1. The van der Waals surface area contributed by atoms with E-state index in [1.165, 1.54) is 18.4 Å². The molecular formula is C21H23N5O. The minimum Gasteiger partial charge on any atom is -0.397 e. The van der Waals surface area contributed by atoms with E-state index in [0.29, 0.717) is 16.7 Å². The van der Waals surface area contributed by atoms with Crippen molar-refractivity contribution in [3.05, 3.63) is 75.7 Å². The van der Waals surface area contributed by atoms with E-state index in [0.717, 1.165) is 25.2 Å². The van der Waals surface area contributed by atoms with Gasteiger partial charge in [0, 0.05) is 6.54 Å². The van der Waals surface area contributed by atoms with Gasteiger partial charge in [0.1, 0.15) is 0 Å². The van der Waals surface area contributed by atoms with E-state index >= 15 is 0 Å². The molecule has 0 atom stereocenters. The number of hydrogen-bond donors (Lipinski definition) is 3. The Bertz CT molecular complexity index is 1060. The van der Waals surface area contributed by atoms with Gasteiger partial charge in [0.2, 0.25) is 0 Å². The summed E-state index contributed by atoms with van der Waals surface area (Å²) >= 11 is 0. The predicted octanol–water partition coefficient (Wildman–Crippen LogP) is 2.26. The summed E-state index contributed by atoms with van der Waals surface area (Å²) in [5.41, 5.74) is 16.2. The second-order valence-corrected chi connectivity index (χ2v) is 6.94. The predicted molar refractivity (Wildman–Crippen MR) is 109 cm³/mol. The van der Waals surface area contributed by atoms with Crippen molar-refractivity contribution in [2.24, 2.45) is 11.5 Å². The number of nitrogens with zero attached hydrogens (tertiary/aromatic N) is 2. The van der Waals surface area contributed by atoms with E-state index in [9.17, 15) is 4.79 Å². The molecule has 0 aliphatic carbocycles. The zero-order valence-electron chi connectivity index (χ0n) is 15.1. The summed E-state index contributed by atoms with van der Waals surface area (Å²) in [7, 11) is 0. The molecule has 6 nitrogen and oxygen atoms in total. The van der Waals surface area contributed by atoms with E-state index in [2.05, 4.69) is 20.9 Å². The number of benzene rings is 2. The lowest BCUT2D eigenvalue weighted by Gasteiger charge is -2.15. The summed E-state index contributed by atoms with van der Waals surface area (Å²) in [5.74, 6) is 0. The molecule has 0 spiro atoms. The Labute approximate surface area is 157 Å². The lowest BCUT2D eigenvalue weighted by molar-refractivity contribution is 0.331. The normalized spacial score (nSPS) is 15.9. The Kier molecular flexibility index (Phi) is 4.64. The summed E-state index contributed by atoms with van der Waals surface area (Å²) in [6, 6.07) is 15.3. The molecule has 0 unspecified atom stereocenters. The molecule has 5 N–H and O–H groups in total. The monoisotopic (exact) mass is 361 g/mol. The summed E-state index contributed by atoms with van der Waals surface area (Å²) in [6.45, 7) is 3.16. The maximum atomic E-state index is 12.4. The summed E-state index contributed by atoms with van der Waals surface area (Å²) in [5, 5.41) is 0. The third kappa shape index (κ3) is 3.57. The van der Waals surface area contributed by atoms with Crippen LogP contribution in [0.5, 0.6) is 0 Å². The number of aromatic nitrogens is 2. The highest BCUT2D eigenvalue weighted by atomic mass is 16.1. The van der Waals surface area contributed by atoms with Gasteiger partial charge in [-0.05, 0) is 55.3 Å². The van der Waals surface area contributed by atoms with E-state index in [1.807, 2.05) is 36.4 Å². The Balaban J connectivity index is 1.70. The topological polar surface area (TPSA) is 101 Å². The second kappa shape index (κ2) is 7.25. The number of nitrogens with one attached hydrogen (secondary N) is 1. The molecule has 1 aliphatic rings. The van der Waals surface area contributed by atoms with Crippen LogP contribution in [0.4, 0.5) is 0 Å². The lowest BCUT2D eigenvalue weighted by Crippen LogP contribution is -2.21. The van der Waals surface area contributed by atoms with Gasteiger partial charge in [-0.1, -0.05) is 30.3 Å². The maximum Gasteiger partial charge on any atom is 0.276 e. The van der Waals surface area contributed by atoms with Crippen LogP contribution in [-0.4, -0.2) is 28.0 Å². The summed E-state index contributed by atoms with van der Waals surface area (Å²) < 4.78 is 0. The molecule has 1 aliphatic heterocycles. The van der Waals surface area contributed by atoms with Crippen LogP contribution >= 0.6 is 0 Å². The van der Waals surface area contributed by atoms with Crippen molar-refractivity contribution >= 4 is 22.4 Å². The zero-order valence-corrected chi connectivity index (χ0v) is 15.1. The molecule has 138 valence electrons. The SMILES string of the molecule is N/C(=C(/N)c1nc2ccccc2[nH]c1=O)c1cccc(CN2CCCC2)c1. The third-order valence-electron chi connectivity index (χ3n) is 4.99. The fourth-order valence-corrected chi connectivity index (χ4v) is 3.53. The van der Waals surface area contributed by atoms with Gasteiger partial charge < -0.3 is 16.5 Å². The highest BCUT2D eigenvalue weighted by Gasteiger charge is 2.14. The molecule has 0 bridgehead atoms. The summed E-state index contributed by atoms with van der Waals surface area (Å²) in [4.78, 5) is 22.1. The molecule has 27 heavy (non-hydrogen) atoms. The standard InChI is InChI=1S/C21H23N5O/c22-18(15-7-5-6-14(12-15)13-26-10-3-4-11-26)19(23)20-21(27)25-17-9-2-1-8-16(17)24-20/h1-2,5-9,12H,3-4,10-11,13,22-23H2,(H,25,27)/b19-18+. The molecule has 0 saturated carbocycles. The van der Waals surface area contributed by atoms with Crippen molar-refractivity contribution in [2.45, 2.75) is 19.4 Å². The Morgan fingerprint density at radius 2 is 1.81 bits per heavy atom. The van der Waals surface area contributed by atoms with Crippen LogP contribution < -0.4 is 17.0 Å². The molecule has 1 fully saturated rings. The fourth-order valence-electron chi connectivity index (χ4n) is 3.53. The van der Waals surface area contributed by atoms with E-state index < -0.39 is 0 Å². The van der Waals surface area contributed by atoms with Crippen LogP contribution in [0.25, 0.3) is 22.4 Å². The average molecular weight is 361 g/mol. The van der Waals surface area contributed by atoms with E-state index in [1.54, 1.807) is 6.07 Å². The number of hydrogen-bond acceptors (Lipinski definition) is 5. The number of rotatable bonds is 4. The quantitative estimate of drug-likeness (QED) is 0.662. The van der Waals surface area contributed by atoms with Gasteiger partial charge in [-0.3, -0.25) is 9.69 Å². The minimum atomic E-state index is -0.345. The molecule has 3 aromatic rings. The number of aromatic amines is 1. The van der Waals surface area contributed by atoms with Crippen LogP contribution in [0, 0.1) is 0 Å². The van der Waals surface area contributed by atoms with Crippen LogP contribution in [0.1, 0.15) is 29.7 Å². The number of fused-ring (bicyclic) bond motifs is 1. The van der Waals surface area contributed by atoms with Gasteiger partial charge in [-0.25, -0.2) is 4.98 Å². The molecule has 0 radical (unpaired) electrons. The molecule has 0 amide bonds. The molecule has 2 aromatic carbocycles.